The van der Waals surface area contributed by atoms with Crippen LogP contribution in [0.3, 0.4) is 0 Å². The second-order valence-corrected chi connectivity index (χ2v) is 7.38. The number of amides is 2. The summed E-state index contributed by atoms with van der Waals surface area (Å²) in [7, 11) is 0. The predicted molar refractivity (Wildman–Crippen MR) is 78.5 cm³/mol. The van der Waals surface area contributed by atoms with Crippen molar-refractivity contribution in [3.05, 3.63) is 0 Å². The predicted octanol–water partition coefficient (Wildman–Crippen LogP) is 3.30. The Labute approximate surface area is 130 Å². The number of rotatable bonds is 4. The molecule has 0 spiro atoms. The molecule has 3 atom stereocenters. The Morgan fingerprint density at radius 1 is 1.36 bits per heavy atom. The van der Waals surface area contributed by atoms with Crippen LogP contribution in [0.15, 0.2) is 0 Å². The van der Waals surface area contributed by atoms with Gasteiger partial charge in [0.15, 0.2) is 0 Å². The van der Waals surface area contributed by atoms with Crippen molar-refractivity contribution in [2.45, 2.75) is 77.7 Å². The molecule has 0 aliphatic carbocycles. The lowest BCUT2D eigenvalue weighted by Crippen LogP contribution is -2.53. The van der Waals surface area contributed by atoms with Crippen LogP contribution in [0.25, 0.3) is 0 Å². The van der Waals surface area contributed by atoms with E-state index in [-0.39, 0.29) is 12.5 Å². The zero-order chi connectivity index (χ0) is 17.1. The van der Waals surface area contributed by atoms with Gasteiger partial charge in [-0.3, -0.25) is 0 Å². The second kappa shape index (κ2) is 7.06. The highest BCUT2D eigenvalue weighted by Crippen LogP contribution is 2.31. The van der Waals surface area contributed by atoms with Gasteiger partial charge in [0.1, 0.15) is 6.04 Å². The molecule has 130 valence electrons. The molecule has 1 rings (SSSR count). The molecule has 1 saturated heterocycles. The van der Waals surface area contributed by atoms with E-state index < -0.39 is 29.8 Å². The molecule has 0 aromatic rings. The van der Waals surface area contributed by atoms with Crippen LogP contribution in [0.1, 0.15) is 53.4 Å². The number of likely N-dealkylation sites (tertiary alicyclic amines) is 1. The lowest BCUT2D eigenvalue weighted by Gasteiger charge is -2.32. The first-order valence-electron chi connectivity index (χ1n) is 7.72. The van der Waals surface area contributed by atoms with Crippen LogP contribution in [0.4, 0.5) is 18.0 Å². The molecule has 0 aromatic heterocycles. The van der Waals surface area contributed by atoms with Gasteiger partial charge in [0.05, 0.1) is 6.10 Å². The minimum absolute atomic E-state index is 0.169. The molecule has 2 amide bonds. The van der Waals surface area contributed by atoms with E-state index in [0.29, 0.717) is 19.4 Å². The van der Waals surface area contributed by atoms with Crippen molar-refractivity contribution in [3.8, 4) is 0 Å². The van der Waals surface area contributed by atoms with Crippen molar-refractivity contribution in [3.63, 3.8) is 0 Å². The summed E-state index contributed by atoms with van der Waals surface area (Å²) in [4.78, 5) is 13.6. The molecule has 1 aliphatic rings. The number of halogens is 3. The monoisotopic (exact) mass is 324 g/mol. The van der Waals surface area contributed by atoms with E-state index in [2.05, 4.69) is 5.32 Å². The standard InChI is InChI=1S/C15H27F3N2O2/c1-10(21)8-11-6-5-7-20(11)13(22)19-12(15(16,17)18)9-14(2,3)4/h10-12,21H,5-9H2,1-4H3,(H,19,22)/t10-,11-,12+/m0/s1. The Bertz CT molecular complexity index is 378. The van der Waals surface area contributed by atoms with Crippen LogP contribution in [0.5, 0.6) is 0 Å². The summed E-state index contributed by atoms with van der Waals surface area (Å²) in [5.41, 5.74) is -0.544. The van der Waals surface area contributed by atoms with E-state index in [1.807, 2.05) is 0 Å². The third-order valence-electron chi connectivity index (χ3n) is 3.76. The SMILES string of the molecule is C[C@H](O)C[C@@H]1CCCN1C(=O)N[C@H](CC(C)(C)C)C(F)(F)F. The van der Waals surface area contributed by atoms with E-state index in [1.165, 1.54) is 4.90 Å². The van der Waals surface area contributed by atoms with Crippen molar-refractivity contribution < 1.29 is 23.1 Å². The largest absolute Gasteiger partial charge is 0.408 e. The van der Waals surface area contributed by atoms with Gasteiger partial charge in [-0.15, -0.1) is 0 Å². The summed E-state index contributed by atoms with van der Waals surface area (Å²) >= 11 is 0. The van der Waals surface area contributed by atoms with Gasteiger partial charge in [-0.25, -0.2) is 4.79 Å². The van der Waals surface area contributed by atoms with Crippen LogP contribution in [-0.2, 0) is 0 Å². The Balaban J connectivity index is 2.74. The maximum absolute atomic E-state index is 13.1. The number of nitrogens with one attached hydrogen (secondary N) is 1. The Hall–Kier alpha value is -0.980. The number of nitrogens with zero attached hydrogens (tertiary/aromatic N) is 1. The zero-order valence-corrected chi connectivity index (χ0v) is 13.7. The van der Waals surface area contributed by atoms with Gasteiger partial charge in [-0.05, 0) is 38.0 Å². The number of carbonyl (C=O) groups excluding carboxylic acids is 1. The van der Waals surface area contributed by atoms with Gasteiger partial charge >= 0.3 is 12.2 Å². The summed E-state index contributed by atoms with van der Waals surface area (Å²) in [6.07, 6.45) is -3.36. The Kier molecular flexibility index (Phi) is 6.12. The third-order valence-corrected chi connectivity index (χ3v) is 3.76. The van der Waals surface area contributed by atoms with Crippen molar-refractivity contribution in [2.75, 3.05) is 6.54 Å². The van der Waals surface area contributed by atoms with E-state index in [9.17, 15) is 23.1 Å². The number of aliphatic hydroxyl groups excluding tert-OH is 1. The van der Waals surface area contributed by atoms with Gasteiger partial charge in [-0.2, -0.15) is 13.2 Å². The molecule has 0 radical (unpaired) electrons. The molecule has 0 unspecified atom stereocenters. The number of hydrogen-bond acceptors (Lipinski definition) is 2. The fourth-order valence-corrected chi connectivity index (χ4v) is 2.83. The molecule has 4 nitrogen and oxygen atoms in total. The van der Waals surface area contributed by atoms with E-state index >= 15 is 0 Å². The molecule has 22 heavy (non-hydrogen) atoms. The molecular formula is C15H27F3N2O2. The summed E-state index contributed by atoms with van der Waals surface area (Å²) in [6.45, 7) is 7.19. The zero-order valence-electron chi connectivity index (χ0n) is 13.7. The van der Waals surface area contributed by atoms with Crippen LogP contribution in [0.2, 0.25) is 0 Å². The highest BCUT2D eigenvalue weighted by Gasteiger charge is 2.44. The van der Waals surface area contributed by atoms with Crippen LogP contribution in [0, 0.1) is 5.41 Å². The summed E-state index contributed by atoms with van der Waals surface area (Å²) in [6, 6.07) is -2.73. The van der Waals surface area contributed by atoms with Gasteiger partial charge in [0.25, 0.3) is 0 Å². The van der Waals surface area contributed by atoms with Crippen molar-refractivity contribution >= 4 is 6.03 Å². The Morgan fingerprint density at radius 3 is 2.41 bits per heavy atom. The molecule has 2 N–H and O–H groups in total. The smallest absolute Gasteiger partial charge is 0.393 e. The lowest BCUT2D eigenvalue weighted by atomic mass is 9.88. The maximum Gasteiger partial charge on any atom is 0.408 e. The molecular weight excluding hydrogens is 297 g/mol. The molecule has 1 heterocycles. The van der Waals surface area contributed by atoms with Crippen LogP contribution < -0.4 is 5.32 Å². The van der Waals surface area contributed by atoms with E-state index in [0.717, 1.165) is 6.42 Å². The summed E-state index contributed by atoms with van der Waals surface area (Å²) < 4.78 is 39.4. The number of urea groups is 1. The molecule has 1 fully saturated rings. The molecule has 7 heteroatoms. The molecule has 0 bridgehead atoms. The highest BCUT2D eigenvalue weighted by molar-refractivity contribution is 5.75. The van der Waals surface area contributed by atoms with Gasteiger partial charge < -0.3 is 15.3 Å². The number of carbonyl (C=O) groups is 1. The fraction of sp³-hybridized carbons (Fsp3) is 0.933. The number of aliphatic hydroxyl groups is 1. The molecule has 0 saturated carbocycles. The summed E-state index contributed by atoms with van der Waals surface area (Å²) in [5, 5.41) is 11.6. The lowest BCUT2D eigenvalue weighted by molar-refractivity contribution is -0.159. The number of alkyl halides is 3. The van der Waals surface area contributed by atoms with Gasteiger partial charge in [0, 0.05) is 12.6 Å². The second-order valence-electron chi connectivity index (χ2n) is 7.38. The topological polar surface area (TPSA) is 52.6 Å². The average Bonchev–Trinajstić information content (AvgIpc) is 2.72. The average molecular weight is 324 g/mol. The summed E-state index contributed by atoms with van der Waals surface area (Å²) in [5.74, 6) is 0. The first kappa shape index (κ1) is 19.1. The van der Waals surface area contributed by atoms with E-state index in [4.69, 9.17) is 0 Å². The van der Waals surface area contributed by atoms with Crippen molar-refractivity contribution in [2.24, 2.45) is 5.41 Å². The quantitative estimate of drug-likeness (QED) is 0.834. The van der Waals surface area contributed by atoms with Gasteiger partial charge in [0.2, 0.25) is 0 Å². The molecule has 0 aromatic carbocycles. The highest BCUT2D eigenvalue weighted by atomic mass is 19.4. The van der Waals surface area contributed by atoms with E-state index in [1.54, 1.807) is 27.7 Å². The van der Waals surface area contributed by atoms with Crippen molar-refractivity contribution in [1.82, 2.24) is 10.2 Å². The molecule has 1 aliphatic heterocycles. The maximum atomic E-state index is 13.1. The Morgan fingerprint density at radius 2 is 1.95 bits per heavy atom. The van der Waals surface area contributed by atoms with Crippen molar-refractivity contribution in [1.29, 1.82) is 0 Å². The number of hydrogen-bond donors (Lipinski definition) is 2. The fourth-order valence-electron chi connectivity index (χ4n) is 2.83. The minimum atomic E-state index is -4.47. The van der Waals surface area contributed by atoms with Gasteiger partial charge in [-0.1, -0.05) is 20.8 Å². The van der Waals surface area contributed by atoms with Crippen LogP contribution >= 0.6 is 0 Å². The third kappa shape index (κ3) is 6.02. The first-order chi connectivity index (χ1) is 9.90. The first-order valence-corrected chi connectivity index (χ1v) is 7.72. The normalized spacial score (nSPS) is 22.5. The van der Waals surface area contributed by atoms with Crippen LogP contribution in [-0.4, -0.2) is 46.9 Å². The minimum Gasteiger partial charge on any atom is -0.393 e.